The minimum Gasteiger partial charge on any atom is -0.505 e. The molecule has 0 unspecified atom stereocenters. The van der Waals surface area contributed by atoms with E-state index in [0.29, 0.717) is 21.4 Å². The Labute approximate surface area is 176 Å². The molecule has 0 spiro atoms. The van der Waals surface area contributed by atoms with E-state index in [4.69, 9.17) is 16.3 Å². The number of esters is 1. The van der Waals surface area contributed by atoms with Crippen molar-refractivity contribution < 1.29 is 19.4 Å². The van der Waals surface area contributed by atoms with Crippen LogP contribution in [0.1, 0.15) is 17.4 Å². The van der Waals surface area contributed by atoms with Crippen molar-refractivity contribution in [2.45, 2.75) is 6.92 Å². The number of carbonyl (C=O) groups excluding carboxylic acids is 2. The molecule has 0 atom stereocenters. The summed E-state index contributed by atoms with van der Waals surface area (Å²) < 4.78 is 6.06. The van der Waals surface area contributed by atoms with Crippen molar-refractivity contribution in [2.24, 2.45) is 0 Å². The molecule has 0 aliphatic rings. The number of carbonyl (C=O) groups is 2. The minimum atomic E-state index is -0.680. The molecule has 2 aromatic carbocycles. The Bertz CT molecular complexity index is 1280. The fourth-order valence-electron chi connectivity index (χ4n) is 3.35. The smallest absolute Gasteiger partial charge is 0.325 e. The van der Waals surface area contributed by atoms with Crippen molar-refractivity contribution in [3.63, 3.8) is 0 Å². The summed E-state index contributed by atoms with van der Waals surface area (Å²) in [5.74, 6) is -1.54. The Hall–Kier alpha value is -3.65. The van der Waals surface area contributed by atoms with Crippen molar-refractivity contribution in [3.8, 4) is 16.9 Å². The van der Waals surface area contributed by atoms with Crippen LogP contribution < -0.4 is 5.32 Å². The van der Waals surface area contributed by atoms with Crippen LogP contribution in [-0.4, -0.2) is 44.7 Å². The molecule has 4 rings (SSSR count). The second kappa shape index (κ2) is 8.00. The quantitative estimate of drug-likeness (QED) is 0.476. The Morgan fingerprint density at radius 2 is 1.93 bits per heavy atom. The second-order valence-corrected chi connectivity index (χ2v) is 6.80. The second-order valence-electron chi connectivity index (χ2n) is 6.39. The van der Waals surface area contributed by atoms with E-state index in [1.807, 2.05) is 24.3 Å². The Morgan fingerprint density at radius 3 is 2.70 bits per heavy atom. The lowest BCUT2D eigenvalue weighted by Crippen LogP contribution is -2.32. The molecule has 2 N–H and O–H groups in total. The van der Waals surface area contributed by atoms with Crippen LogP contribution in [0.25, 0.3) is 27.5 Å². The largest absolute Gasteiger partial charge is 0.505 e. The zero-order valence-corrected chi connectivity index (χ0v) is 16.7. The number of benzene rings is 2. The number of nitrogens with one attached hydrogen (secondary N) is 1. The normalized spacial score (nSPS) is 11.0. The molecule has 2 aromatic heterocycles. The molecule has 1 amide bonds. The average molecular weight is 425 g/mol. The van der Waals surface area contributed by atoms with Gasteiger partial charge in [0.2, 0.25) is 0 Å². The number of hydrogen-bond acceptors (Lipinski definition) is 6. The molecule has 0 saturated heterocycles. The number of amides is 1. The number of ether oxygens (including phenoxy) is 1. The number of halogens is 1. The van der Waals surface area contributed by atoms with Gasteiger partial charge in [0.05, 0.1) is 6.61 Å². The van der Waals surface area contributed by atoms with Gasteiger partial charge in [-0.3, -0.25) is 9.59 Å². The molecule has 8 nitrogen and oxygen atoms in total. The van der Waals surface area contributed by atoms with Crippen LogP contribution in [0, 0.1) is 0 Å². The van der Waals surface area contributed by atoms with Gasteiger partial charge in [0.25, 0.3) is 5.91 Å². The predicted octanol–water partition coefficient (Wildman–Crippen LogP) is 3.20. The summed E-state index contributed by atoms with van der Waals surface area (Å²) in [6.07, 6.45) is 1.29. The molecule has 0 fully saturated rings. The summed E-state index contributed by atoms with van der Waals surface area (Å²) in [5.41, 5.74) is 1.74. The van der Waals surface area contributed by atoms with E-state index in [1.54, 1.807) is 25.1 Å². The van der Waals surface area contributed by atoms with E-state index in [-0.39, 0.29) is 24.6 Å². The topological polar surface area (TPSA) is 106 Å². The highest BCUT2D eigenvalue weighted by atomic mass is 35.5. The Morgan fingerprint density at radius 1 is 1.17 bits per heavy atom. The van der Waals surface area contributed by atoms with E-state index >= 15 is 0 Å². The van der Waals surface area contributed by atoms with Crippen molar-refractivity contribution in [3.05, 3.63) is 59.5 Å². The van der Waals surface area contributed by atoms with Gasteiger partial charge in [0, 0.05) is 21.4 Å². The third-order valence-corrected chi connectivity index (χ3v) is 4.93. The third-order valence-electron chi connectivity index (χ3n) is 4.60. The molecule has 0 bridgehead atoms. The number of fused-ring (bicyclic) bond motifs is 3. The van der Waals surface area contributed by atoms with Gasteiger partial charge in [-0.1, -0.05) is 48.0 Å². The molecule has 0 radical (unpaired) electrons. The van der Waals surface area contributed by atoms with Gasteiger partial charge in [-0.25, -0.2) is 9.50 Å². The van der Waals surface area contributed by atoms with E-state index in [2.05, 4.69) is 15.4 Å². The standard InChI is InChI=1S/C21H17ClN4O4/c1-2-30-16(27)10-23-21(29)18-19(28)14-8-5-7-13(12-6-3-4-9-15(12)22)17(14)20-24-11-25-26(18)20/h3-9,11,28H,2,10H2,1H3,(H,23,29). The van der Waals surface area contributed by atoms with Gasteiger partial charge in [-0.2, -0.15) is 5.10 Å². The summed E-state index contributed by atoms with van der Waals surface area (Å²) in [6, 6.07) is 12.6. The van der Waals surface area contributed by atoms with Crippen LogP contribution in [0.15, 0.2) is 48.8 Å². The van der Waals surface area contributed by atoms with Crippen LogP contribution in [0.3, 0.4) is 0 Å². The highest BCUT2D eigenvalue weighted by Gasteiger charge is 2.24. The first-order chi connectivity index (χ1) is 14.5. The van der Waals surface area contributed by atoms with Crippen LogP contribution in [0.2, 0.25) is 5.02 Å². The first kappa shape index (κ1) is 19.7. The molecule has 152 valence electrons. The van der Waals surface area contributed by atoms with Gasteiger partial charge in [0.15, 0.2) is 17.1 Å². The Balaban J connectivity index is 1.90. The number of aromatic nitrogens is 3. The molecule has 9 heteroatoms. The fourth-order valence-corrected chi connectivity index (χ4v) is 3.59. The first-order valence-corrected chi connectivity index (χ1v) is 9.56. The summed E-state index contributed by atoms with van der Waals surface area (Å²) in [5, 5.41) is 19.0. The van der Waals surface area contributed by atoms with Crippen molar-refractivity contribution in [2.75, 3.05) is 13.2 Å². The average Bonchev–Trinajstić information content (AvgIpc) is 3.22. The van der Waals surface area contributed by atoms with Crippen LogP contribution in [-0.2, 0) is 9.53 Å². The number of aromatic hydroxyl groups is 1. The number of pyridine rings is 1. The summed E-state index contributed by atoms with van der Waals surface area (Å²) >= 11 is 6.39. The van der Waals surface area contributed by atoms with Crippen LogP contribution in [0.5, 0.6) is 5.75 Å². The van der Waals surface area contributed by atoms with E-state index < -0.39 is 11.9 Å². The minimum absolute atomic E-state index is 0.129. The molecule has 4 aromatic rings. The monoisotopic (exact) mass is 424 g/mol. The number of hydrogen-bond donors (Lipinski definition) is 2. The van der Waals surface area contributed by atoms with Crippen molar-refractivity contribution >= 4 is 39.9 Å². The molecule has 0 aliphatic heterocycles. The molecule has 2 heterocycles. The highest BCUT2D eigenvalue weighted by molar-refractivity contribution is 6.34. The lowest BCUT2D eigenvalue weighted by atomic mass is 9.98. The maximum Gasteiger partial charge on any atom is 0.325 e. The predicted molar refractivity (Wildman–Crippen MR) is 112 cm³/mol. The lowest BCUT2D eigenvalue weighted by molar-refractivity contribution is -0.141. The van der Waals surface area contributed by atoms with E-state index in [0.717, 1.165) is 11.1 Å². The molecule has 0 saturated carbocycles. The van der Waals surface area contributed by atoms with Gasteiger partial charge in [0.1, 0.15) is 12.9 Å². The SMILES string of the molecule is CCOC(=O)CNC(=O)c1c(O)c2cccc(-c3ccccc3Cl)c2c2ncnn12. The zero-order valence-electron chi connectivity index (χ0n) is 15.9. The van der Waals surface area contributed by atoms with E-state index in [1.165, 1.54) is 10.8 Å². The summed E-state index contributed by atoms with van der Waals surface area (Å²) in [4.78, 5) is 28.6. The fraction of sp³-hybridized carbons (Fsp3) is 0.143. The summed E-state index contributed by atoms with van der Waals surface area (Å²) in [7, 11) is 0. The van der Waals surface area contributed by atoms with Crippen molar-refractivity contribution in [1.29, 1.82) is 0 Å². The van der Waals surface area contributed by atoms with Crippen molar-refractivity contribution in [1.82, 2.24) is 19.9 Å². The van der Waals surface area contributed by atoms with E-state index in [9.17, 15) is 14.7 Å². The molecular formula is C21H17ClN4O4. The maximum atomic E-state index is 12.8. The Kier molecular flexibility index (Phi) is 5.24. The summed E-state index contributed by atoms with van der Waals surface area (Å²) in [6.45, 7) is 1.54. The van der Waals surface area contributed by atoms with Crippen LogP contribution in [0.4, 0.5) is 0 Å². The van der Waals surface area contributed by atoms with Gasteiger partial charge < -0.3 is 15.2 Å². The third kappa shape index (κ3) is 3.31. The molecular weight excluding hydrogens is 408 g/mol. The molecule has 0 aliphatic carbocycles. The van der Waals surface area contributed by atoms with Gasteiger partial charge >= 0.3 is 5.97 Å². The van der Waals surface area contributed by atoms with Crippen LogP contribution >= 0.6 is 11.6 Å². The lowest BCUT2D eigenvalue weighted by Gasteiger charge is -2.14. The van der Waals surface area contributed by atoms with Gasteiger partial charge in [-0.15, -0.1) is 0 Å². The zero-order chi connectivity index (χ0) is 21.3. The van der Waals surface area contributed by atoms with Gasteiger partial charge in [-0.05, 0) is 18.6 Å². The molecule has 30 heavy (non-hydrogen) atoms. The first-order valence-electron chi connectivity index (χ1n) is 9.19. The number of rotatable bonds is 5. The maximum absolute atomic E-state index is 12.8. The highest BCUT2D eigenvalue weighted by Crippen LogP contribution is 2.39. The number of nitrogens with zero attached hydrogens (tertiary/aromatic N) is 3.